The molecule has 140 valence electrons. The van der Waals surface area contributed by atoms with Crippen molar-refractivity contribution in [3.63, 3.8) is 0 Å². The summed E-state index contributed by atoms with van der Waals surface area (Å²) in [4.78, 5) is 37.7. The summed E-state index contributed by atoms with van der Waals surface area (Å²) in [5, 5.41) is 5.83. The number of nitrogens with one attached hydrogen (secondary N) is 2. The third kappa shape index (κ3) is 3.88. The molecule has 0 spiro atoms. The summed E-state index contributed by atoms with van der Waals surface area (Å²) in [5.74, 6) is 0.142. The zero-order valence-corrected chi connectivity index (χ0v) is 15.2. The van der Waals surface area contributed by atoms with Crippen molar-refractivity contribution in [2.24, 2.45) is 11.7 Å². The third-order valence-electron chi connectivity index (χ3n) is 5.30. The lowest BCUT2D eigenvalue weighted by molar-refractivity contribution is -0.133. The molecule has 2 aliphatic heterocycles. The van der Waals surface area contributed by atoms with Crippen molar-refractivity contribution in [3.05, 3.63) is 29.3 Å². The number of hydrogen-bond acceptors (Lipinski definition) is 4. The quantitative estimate of drug-likeness (QED) is 0.743. The first-order valence-corrected chi connectivity index (χ1v) is 9.13. The molecule has 1 fully saturated rings. The van der Waals surface area contributed by atoms with Gasteiger partial charge in [0.25, 0.3) is 5.91 Å². The van der Waals surface area contributed by atoms with Gasteiger partial charge in [0.1, 0.15) is 0 Å². The van der Waals surface area contributed by atoms with Crippen molar-refractivity contribution in [2.45, 2.75) is 45.2 Å². The van der Waals surface area contributed by atoms with Gasteiger partial charge in [0, 0.05) is 30.4 Å². The van der Waals surface area contributed by atoms with E-state index in [9.17, 15) is 14.4 Å². The molecule has 1 aromatic rings. The fraction of sp³-hybridized carbons (Fsp3) is 0.526. The number of carbonyl (C=O) groups is 3. The lowest BCUT2D eigenvalue weighted by Crippen LogP contribution is -2.49. The van der Waals surface area contributed by atoms with Crippen molar-refractivity contribution in [1.29, 1.82) is 0 Å². The van der Waals surface area contributed by atoms with Crippen LogP contribution in [0.2, 0.25) is 0 Å². The Balaban J connectivity index is 1.55. The Kier molecular flexibility index (Phi) is 5.27. The van der Waals surface area contributed by atoms with Gasteiger partial charge in [-0.15, -0.1) is 0 Å². The van der Waals surface area contributed by atoms with Crippen molar-refractivity contribution in [3.8, 4) is 0 Å². The lowest BCUT2D eigenvalue weighted by atomic mass is 9.90. The van der Waals surface area contributed by atoms with Gasteiger partial charge in [0.05, 0.1) is 12.5 Å². The van der Waals surface area contributed by atoms with Crippen LogP contribution in [0.4, 0.5) is 5.69 Å². The Hall–Kier alpha value is -2.41. The van der Waals surface area contributed by atoms with E-state index >= 15 is 0 Å². The molecule has 2 aliphatic rings. The molecule has 0 aliphatic carbocycles. The van der Waals surface area contributed by atoms with Gasteiger partial charge in [0.15, 0.2) is 0 Å². The average Bonchev–Trinajstić information content (AvgIpc) is 3.00. The first kappa shape index (κ1) is 18.4. The first-order chi connectivity index (χ1) is 12.3. The molecule has 0 saturated carbocycles. The van der Waals surface area contributed by atoms with Gasteiger partial charge in [-0.3, -0.25) is 14.4 Å². The minimum atomic E-state index is -0.468. The Morgan fingerprint density at radius 1 is 1.27 bits per heavy atom. The minimum absolute atomic E-state index is 0.0126. The topological polar surface area (TPSA) is 105 Å². The van der Waals surface area contributed by atoms with E-state index in [0.717, 1.165) is 24.1 Å². The zero-order valence-electron chi connectivity index (χ0n) is 15.2. The molecule has 1 unspecified atom stereocenters. The number of nitrogens with zero attached hydrogens (tertiary/aromatic N) is 1. The van der Waals surface area contributed by atoms with Gasteiger partial charge in [-0.1, -0.05) is 0 Å². The highest BCUT2D eigenvalue weighted by atomic mass is 16.2. The van der Waals surface area contributed by atoms with Gasteiger partial charge in [-0.25, -0.2) is 0 Å². The Bertz CT molecular complexity index is 723. The SMILES string of the molecule is CC(NC(=O)c1ccc2c(c1)CC(=O)N2)C1CCN(C(=O)[C@@H](C)N)CC1. The molecule has 7 nitrogen and oxygen atoms in total. The summed E-state index contributed by atoms with van der Waals surface area (Å²) in [6, 6.07) is 4.83. The number of anilines is 1. The standard InChI is InChI=1S/C19H26N4O3/c1-11(20)19(26)23-7-5-13(6-8-23)12(2)21-18(25)14-3-4-16-15(9-14)10-17(24)22-16/h3-4,9,11-13H,5-8,10,20H2,1-2H3,(H,21,25)(H,22,24)/t11-,12?/m1/s1. The van der Waals surface area contributed by atoms with Gasteiger partial charge >= 0.3 is 0 Å². The number of carbonyl (C=O) groups excluding carboxylic acids is 3. The Morgan fingerprint density at radius 3 is 2.62 bits per heavy atom. The normalized spacial score (nSPS) is 19.5. The van der Waals surface area contributed by atoms with Crippen LogP contribution >= 0.6 is 0 Å². The summed E-state index contributed by atoms with van der Waals surface area (Å²) < 4.78 is 0. The average molecular weight is 358 g/mol. The maximum atomic E-state index is 12.5. The molecule has 2 atom stereocenters. The predicted octanol–water partition coefficient (Wildman–Crippen LogP) is 0.885. The summed E-state index contributed by atoms with van der Waals surface area (Å²) in [6.07, 6.45) is 2.02. The van der Waals surface area contributed by atoms with Crippen LogP contribution in [0.3, 0.4) is 0 Å². The third-order valence-corrected chi connectivity index (χ3v) is 5.30. The number of hydrogen-bond donors (Lipinski definition) is 3. The number of benzene rings is 1. The van der Waals surface area contributed by atoms with Gasteiger partial charge in [0.2, 0.25) is 11.8 Å². The van der Waals surface area contributed by atoms with Crippen LogP contribution in [0.25, 0.3) is 0 Å². The van der Waals surface area contributed by atoms with Crippen LogP contribution in [0.5, 0.6) is 0 Å². The number of rotatable bonds is 4. The van der Waals surface area contributed by atoms with Crippen LogP contribution in [-0.2, 0) is 16.0 Å². The molecule has 7 heteroatoms. The van der Waals surface area contributed by atoms with Crippen LogP contribution in [0.15, 0.2) is 18.2 Å². The number of fused-ring (bicyclic) bond motifs is 1. The summed E-state index contributed by atoms with van der Waals surface area (Å²) in [5.41, 5.74) is 7.87. The number of likely N-dealkylation sites (tertiary alicyclic amines) is 1. The van der Waals surface area contributed by atoms with Crippen molar-refractivity contribution < 1.29 is 14.4 Å². The van der Waals surface area contributed by atoms with E-state index < -0.39 is 6.04 Å². The number of nitrogens with two attached hydrogens (primary N) is 1. The Morgan fingerprint density at radius 2 is 1.96 bits per heavy atom. The van der Waals surface area contributed by atoms with Crippen LogP contribution in [0.1, 0.15) is 42.6 Å². The first-order valence-electron chi connectivity index (χ1n) is 9.13. The van der Waals surface area contributed by atoms with Crippen LogP contribution in [0, 0.1) is 5.92 Å². The van der Waals surface area contributed by atoms with Gasteiger partial charge in [-0.2, -0.15) is 0 Å². The van der Waals surface area contributed by atoms with E-state index in [1.807, 2.05) is 6.92 Å². The summed E-state index contributed by atoms with van der Waals surface area (Å²) in [7, 11) is 0. The van der Waals surface area contributed by atoms with E-state index in [4.69, 9.17) is 5.73 Å². The second-order valence-electron chi connectivity index (χ2n) is 7.31. The van der Waals surface area contributed by atoms with E-state index in [-0.39, 0.29) is 23.8 Å². The smallest absolute Gasteiger partial charge is 0.251 e. The highest BCUT2D eigenvalue weighted by molar-refractivity contribution is 6.01. The van der Waals surface area contributed by atoms with Gasteiger partial charge < -0.3 is 21.3 Å². The zero-order chi connectivity index (χ0) is 18.8. The Labute approximate surface area is 153 Å². The second kappa shape index (κ2) is 7.45. The van der Waals surface area contributed by atoms with Crippen molar-refractivity contribution in [2.75, 3.05) is 18.4 Å². The molecule has 0 radical (unpaired) electrons. The lowest BCUT2D eigenvalue weighted by Gasteiger charge is -2.35. The molecule has 2 heterocycles. The van der Waals surface area contributed by atoms with E-state index in [1.165, 1.54) is 0 Å². The molecule has 4 N–H and O–H groups in total. The van der Waals surface area contributed by atoms with Crippen molar-refractivity contribution >= 4 is 23.4 Å². The maximum absolute atomic E-state index is 12.5. The van der Waals surface area contributed by atoms with Crippen molar-refractivity contribution in [1.82, 2.24) is 10.2 Å². The molecular formula is C19H26N4O3. The fourth-order valence-electron chi connectivity index (χ4n) is 3.69. The molecule has 0 bridgehead atoms. The molecule has 26 heavy (non-hydrogen) atoms. The molecular weight excluding hydrogens is 332 g/mol. The summed E-state index contributed by atoms with van der Waals surface area (Å²) >= 11 is 0. The highest BCUT2D eigenvalue weighted by Crippen LogP contribution is 2.25. The molecule has 1 saturated heterocycles. The monoisotopic (exact) mass is 358 g/mol. The van der Waals surface area contributed by atoms with E-state index in [0.29, 0.717) is 31.0 Å². The highest BCUT2D eigenvalue weighted by Gasteiger charge is 2.28. The van der Waals surface area contributed by atoms with E-state index in [2.05, 4.69) is 10.6 Å². The molecule has 1 aromatic carbocycles. The molecule has 3 amide bonds. The largest absolute Gasteiger partial charge is 0.349 e. The predicted molar refractivity (Wildman–Crippen MR) is 98.7 cm³/mol. The minimum Gasteiger partial charge on any atom is -0.349 e. The van der Waals surface area contributed by atoms with E-state index in [1.54, 1.807) is 30.0 Å². The maximum Gasteiger partial charge on any atom is 0.251 e. The molecule has 0 aromatic heterocycles. The fourth-order valence-corrected chi connectivity index (χ4v) is 3.69. The second-order valence-corrected chi connectivity index (χ2v) is 7.31. The van der Waals surface area contributed by atoms with Gasteiger partial charge in [-0.05, 0) is 56.4 Å². The number of piperidine rings is 1. The van der Waals surface area contributed by atoms with Crippen LogP contribution in [-0.4, -0.2) is 47.8 Å². The number of amides is 3. The summed E-state index contributed by atoms with van der Waals surface area (Å²) in [6.45, 7) is 5.07. The molecule has 3 rings (SSSR count). The van der Waals surface area contributed by atoms with Crippen LogP contribution < -0.4 is 16.4 Å².